The van der Waals surface area contributed by atoms with Gasteiger partial charge in [-0.2, -0.15) is 0 Å². The van der Waals surface area contributed by atoms with Crippen molar-refractivity contribution in [3.05, 3.63) is 48.0 Å². The van der Waals surface area contributed by atoms with Gasteiger partial charge in [-0.15, -0.1) is 0 Å². The SMILES string of the molecule is CCC(NC(=O)C1CN(S(=O)(=O)CC)c2ccccc2O1)c1ccc(OC)c(OC)c1. The lowest BCUT2D eigenvalue weighted by Gasteiger charge is -2.35. The zero-order chi connectivity index (χ0) is 22.6. The highest BCUT2D eigenvalue weighted by Gasteiger charge is 2.36. The Morgan fingerprint density at radius 1 is 1.16 bits per heavy atom. The molecule has 2 unspecified atom stereocenters. The van der Waals surface area contributed by atoms with Crippen LogP contribution in [0.5, 0.6) is 17.2 Å². The van der Waals surface area contributed by atoms with E-state index in [-0.39, 0.29) is 24.2 Å². The topological polar surface area (TPSA) is 94.2 Å². The number of nitrogens with one attached hydrogen (secondary N) is 1. The van der Waals surface area contributed by atoms with Gasteiger partial charge in [0.2, 0.25) is 10.0 Å². The molecular formula is C22H28N2O6S. The van der Waals surface area contributed by atoms with Crippen LogP contribution in [0.25, 0.3) is 0 Å². The number of methoxy groups -OCH3 is 2. The average Bonchev–Trinajstić information content (AvgIpc) is 2.81. The van der Waals surface area contributed by atoms with Crippen molar-refractivity contribution in [3.8, 4) is 17.2 Å². The molecule has 1 amide bonds. The van der Waals surface area contributed by atoms with Gasteiger partial charge in [-0.3, -0.25) is 9.10 Å². The van der Waals surface area contributed by atoms with E-state index >= 15 is 0 Å². The largest absolute Gasteiger partial charge is 0.493 e. The lowest BCUT2D eigenvalue weighted by Crippen LogP contribution is -2.51. The fraction of sp³-hybridized carbons (Fsp3) is 0.409. The maximum Gasteiger partial charge on any atom is 0.263 e. The van der Waals surface area contributed by atoms with Gasteiger partial charge in [0, 0.05) is 0 Å². The van der Waals surface area contributed by atoms with Crippen LogP contribution in [0.3, 0.4) is 0 Å². The van der Waals surface area contributed by atoms with Gasteiger partial charge in [-0.05, 0) is 43.2 Å². The Morgan fingerprint density at radius 3 is 2.52 bits per heavy atom. The van der Waals surface area contributed by atoms with E-state index in [1.54, 1.807) is 51.5 Å². The maximum atomic E-state index is 13.1. The lowest BCUT2D eigenvalue weighted by atomic mass is 10.0. The second kappa shape index (κ2) is 9.47. The average molecular weight is 449 g/mol. The number of para-hydroxylation sites is 2. The minimum atomic E-state index is -3.56. The molecule has 0 saturated heterocycles. The first-order valence-corrected chi connectivity index (χ1v) is 11.7. The number of carbonyl (C=O) groups excluding carboxylic acids is 1. The summed E-state index contributed by atoms with van der Waals surface area (Å²) >= 11 is 0. The molecule has 2 atom stereocenters. The van der Waals surface area contributed by atoms with Gasteiger partial charge in [0.05, 0.1) is 38.2 Å². The Labute approximate surface area is 183 Å². The molecule has 168 valence electrons. The minimum Gasteiger partial charge on any atom is -0.493 e. The first-order chi connectivity index (χ1) is 14.8. The first kappa shape index (κ1) is 22.7. The Kier molecular flexibility index (Phi) is 6.94. The van der Waals surface area contributed by atoms with E-state index in [1.807, 2.05) is 19.1 Å². The third-order valence-electron chi connectivity index (χ3n) is 5.26. The number of hydrogen-bond acceptors (Lipinski definition) is 6. The highest BCUT2D eigenvalue weighted by Crippen LogP contribution is 2.35. The fourth-order valence-electron chi connectivity index (χ4n) is 3.51. The van der Waals surface area contributed by atoms with Gasteiger partial charge in [0.1, 0.15) is 5.75 Å². The highest BCUT2D eigenvalue weighted by molar-refractivity contribution is 7.92. The van der Waals surface area contributed by atoms with Crippen LogP contribution in [0.4, 0.5) is 5.69 Å². The van der Waals surface area contributed by atoms with Crippen molar-refractivity contribution in [1.29, 1.82) is 0 Å². The van der Waals surface area contributed by atoms with Crippen LogP contribution >= 0.6 is 0 Å². The second-order valence-corrected chi connectivity index (χ2v) is 9.27. The number of hydrogen-bond donors (Lipinski definition) is 1. The van der Waals surface area contributed by atoms with Crippen molar-refractivity contribution in [2.24, 2.45) is 0 Å². The van der Waals surface area contributed by atoms with Crippen LogP contribution in [0.1, 0.15) is 31.9 Å². The number of benzene rings is 2. The van der Waals surface area contributed by atoms with Crippen LogP contribution in [-0.4, -0.2) is 46.9 Å². The van der Waals surface area contributed by atoms with Gasteiger partial charge in [0.15, 0.2) is 17.6 Å². The standard InChI is InChI=1S/C22H28N2O6S/c1-5-16(15-11-12-19(28-3)20(13-15)29-4)23-22(25)21-14-24(31(26,27)6-2)17-9-7-8-10-18(17)30-21/h7-13,16,21H,5-6,14H2,1-4H3,(H,23,25). The van der Waals surface area contributed by atoms with E-state index in [9.17, 15) is 13.2 Å². The van der Waals surface area contributed by atoms with Gasteiger partial charge in [-0.25, -0.2) is 8.42 Å². The number of fused-ring (bicyclic) bond motifs is 1. The van der Waals surface area contributed by atoms with Crippen molar-refractivity contribution in [3.63, 3.8) is 0 Å². The van der Waals surface area contributed by atoms with Crippen molar-refractivity contribution < 1.29 is 27.4 Å². The lowest BCUT2D eigenvalue weighted by molar-refractivity contribution is -0.128. The number of anilines is 1. The number of sulfonamides is 1. The molecule has 8 nitrogen and oxygen atoms in total. The van der Waals surface area contributed by atoms with Crippen molar-refractivity contribution in [2.75, 3.05) is 30.8 Å². The zero-order valence-corrected chi connectivity index (χ0v) is 18.9. The molecule has 0 saturated carbocycles. The summed E-state index contributed by atoms with van der Waals surface area (Å²) in [5.41, 5.74) is 1.29. The molecule has 1 heterocycles. The summed E-state index contributed by atoms with van der Waals surface area (Å²) in [4.78, 5) is 13.1. The Bertz CT molecular complexity index is 1040. The van der Waals surface area contributed by atoms with E-state index in [1.165, 1.54) is 4.31 Å². The van der Waals surface area contributed by atoms with Crippen LogP contribution in [0.2, 0.25) is 0 Å². The van der Waals surface area contributed by atoms with E-state index in [0.29, 0.717) is 29.4 Å². The minimum absolute atomic E-state index is 0.0705. The van der Waals surface area contributed by atoms with Gasteiger partial charge in [0.25, 0.3) is 5.91 Å². The van der Waals surface area contributed by atoms with Crippen molar-refractivity contribution in [2.45, 2.75) is 32.4 Å². The molecule has 2 aromatic carbocycles. The smallest absolute Gasteiger partial charge is 0.263 e. The molecule has 0 fully saturated rings. The maximum absolute atomic E-state index is 13.1. The Morgan fingerprint density at radius 2 is 1.87 bits per heavy atom. The van der Waals surface area contributed by atoms with Gasteiger partial charge in [-0.1, -0.05) is 25.1 Å². The van der Waals surface area contributed by atoms with Crippen LogP contribution in [-0.2, 0) is 14.8 Å². The Hall–Kier alpha value is -2.94. The number of ether oxygens (including phenoxy) is 3. The van der Waals surface area contributed by atoms with Crippen molar-refractivity contribution >= 4 is 21.6 Å². The molecule has 0 aliphatic carbocycles. The summed E-state index contributed by atoms with van der Waals surface area (Å²) in [6.07, 6.45) is -0.341. The van der Waals surface area contributed by atoms with Crippen molar-refractivity contribution in [1.82, 2.24) is 5.32 Å². The third kappa shape index (κ3) is 4.71. The molecule has 9 heteroatoms. The van der Waals surface area contributed by atoms with Crippen LogP contribution in [0, 0.1) is 0 Å². The summed E-state index contributed by atoms with van der Waals surface area (Å²) < 4.78 is 43.0. The summed E-state index contributed by atoms with van der Waals surface area (Å²) in [5.74, 6) is 1.08. The van der Waals surface area contributed by atoms with E-state index in [2.05, 4.69) is 5.32 Å². The first-order valence-electron chi connectivity index (χ1n) is 10.1. The summed E-state index contributed by atoms with van der Waals surface area (Å²) in [5, 5.41) is 2.98. The van der Waals surface area contributed by atoms with Gasteiger partial charge < -0.3 is 19.5 Å². The molecule has 1 N–H and O–H groups in total. The van der Waals surface area contributed by atoms with E-state index in [0.717, 1.165) is 5.56 Å². The predicted octanol–water partition coefficient (Wildman–Crippen LogP) is 2.89. The fourth-order valence-corrected chi connectivity index (χ4v) is 4.64. The molecule has 1 aliphatic heterocycles. The van der Waals surface area contributed by atoms with E-state index in [4.69, 9.17) is 14.2 Å². The molecule has 2 aromatic rings. The summed E-state index contributed by atoms with van der Waals surface area (Å²) in [7, 11) is -0.448. The monoisotopic (exact) mass is 448 g/mol. The summed E-state index contributed by atoms with van der Waals surface area (Å²) in [6, 6.07) is 12.0. The molecular weight excluding hydrogens is 420 g/mol. The number of nitrogens with zero attached hydrogens (tertiary/aromatic N) is 1. The number of amides is 1. The number of rotatable bonds is 8. The molecule has 0 bridgehead atoms. The summed E-state index contributed by atoms with van der Waals surface area (Å²) in [6.45, 7) is 3.45. The predicted molar refractivity (Wildman–Crippen MR) is 118 cm³/mol. The molecule has 0 spiro atoms. The Balaban J connectivity index is 1.84. The zero-order valence-electron chi connectivity index (χ0n) is 18.1. The molecule has 31 heavy (non-hydrogen) atoms. The molecule has 0 aromatic heterocycles. The number of carbonyl (C=O) groups is 1. The normalized spacial score (nSPS) is 16.6. The van der Waals surface area contributed by atoms with Crippen LogP contribution < -0.4 is 23.8 Å². The highest BCUT2D eigenvalue weighted by atomic mass is 32.2. The molecule has 1 aliphatic rings. The van der Waals surface area contributed by atoms with Gasteiger partial charge >= 0.3 is 0 Å². The third-order valence-corrected chi connectivity index (χ3v) is 7.01. The van der Waals surface area contributed by atoms with E-state index < -0.39 is 16.1 Å². The molecule has 0 radical (unpaired) electrons. The van der Waals surface area contributed by atoms with Crippen LogP contribution in [0.15, 0.2) is 42.5 Å². The molecule has 3 rings (SSSR count). The quantitative estimate of drug-likeness (QED) is 0.667. The second-order valence-electron chi connectivity index (χ2n) is 7.09.